The van der Waals surface area contributed by atoms with E-state index in [1.807, 2.05) is 6.92 Å². The molecular weight excluding hydrogens is 260 g/mol. The summed E-state index contributed by atoms with van der Waals surface area (Å²) in [6, 6.07) is 6.75. The molecule has 1 aromatic rings. The summed E-state index contributed by atoms with van der Waals surface area (Å²) in [6.07, 6.45) is 6.19. The number of rotatable bonds is 3. The van der Waals surface area contributed by atoms with Crippen molar-refractivity contribution in [1.82, 2.24) is 4.83 Å². The monoisotopic (exact) mass is 276 g/mol. The summed E-state index contributed by atoms with van der Waals surface area (Å²) in [7, 11) is -3.53. The third kappa shape index (κ3) is 2.30. The van der Waals surface area contributed by atoms with E-state index >= 15 is 0 Å². The average Bonchev–Trinajstić information content (AvgIpc) is 2.72. The Morgan fingerprint density at radius 1 is 1.26 bits per heavy atom. The van der Waals surface area contributed by atoms with Gasteiger partial charge in [0.2, 0.25) is 0 Å². The van der Waals surface area contributed by atoms with Crippen LogP contribution >= 0.6 is 0 Å². The van der Waals surface area contributed by atoms with Crippen LogP contribution < -0.4 is 4.83 Å². The van der Waals surface area contributed by atoms with Gasteiger partial charge in [0.05, 0.1) is 4.90 Å². The van der Waals surface area contributed by atoms with Gasteiger partial charge >= 0.3 is 0 Å². The summed E-state index contributed by atoms with van der Waals surface area (Å²) >= 11 is 0. The highest BCUT2D eigenvalue weighted by Crippen LogP contribution is 2.40. The van der Waals surface area contributed by atoms with Crippen molar-refractivity contribution >= 4 is 15.7 Å². The van der Waals surface area contributed by atoms with Gasteiger partial charge in [-0.3, -0.25) is 0 Å². The lowest BCUT2D eigenvalue weighted by Gasteiger charge is -2.31. The van der Waals surface area contributed by atoms with Crippen LogP contribution in [0.5, 0.6) is 0 Å². The third-order valence-electron chi connectivity index (χ3n) is 3.80. The van der Waals surface area contributed by atoms with Gasteiger partial charge in [-0.25, -0.2) is 4.83 Å². The van der Waals surface area contributed by atoms with Gasteiger partial charge in [0.25, 0.3) is 10.0 Å². The van der Waals surface area contributed by atoms with Crippen molar-refractivity contribution in [3.8, 4) is 0 Å². The molecule has 1 aromatic carbocycles. The number of hydrazone groups is 1. The summed E-state index contributed by atoms with van der Waals surface area (Å²) < 4.78 is 24.1. The maximum Gasteiger partial charge on any atom is 0.276 e. The van der Waals surface area contributed by atoms with E-state index in [4.69, 9.17) is 0 Å². The molecule has 0 aromatic heterocycles. The maximum atomic E-state index is 12.0. The van der Waals surface area contributed by atoms with Crippen LogP contribution in [0.4, 0.5) is 0 Å². The highest BCUT2D eigenvalue weighted by Gasteiger charge is 2.38. The summed E-state index contributed by atoms with van der Waals surface area (Å²) in [6.45, 7) is 1.92. The summed E-state index contributed by atoms with van der Waals surface area (Å²) in [4.78, 5) is 2.59. The lowest BCUT2D eigenvalue weighted by atomic mass is 9.74. The van der Waals surface area contributed by atoms with E-state index in [9.17, 15) is 8.42 Å². The first-order valence-corrected chi connectivity index (χ1v) is 7.86. The van der Waals surface area contributed by atoms with Crippen LogP contribution in [0.1, 0.15) is 18.4 Å². The smallest absolute Gasteiger partial charge is 0.200 e. The van der Waals surface area contributed by atoms with Crippen molar-refractivity contribution in [2.75, 3.05) is 0 Å². The van der Waals surface area contributed by atoms with Crippen molar-refractivity contribution in [1.29, 1.82) is 0 Å². The number of nitrogens with zero attached hydrogens (tertiary/aromatic N) is 1. The number of fused-ring (bicyclic) bond motifs is 1. The minimum absolute atomic E-state index is 0.253. The zero-order chi connectivity index (χ0) is 13.5. The molecule has 0 saturated heterocycles. The molecular formula is C14H16N2O2S. The predicted octanol–water partition coefficient (Wildman–Crippen LogP) is 2.23. The van der Waals surface area contributed by atoms with E-state index in [0.717, 1.165) is 24.1 Å². The molecule has 1 fully saturated rings. The van der Waals surface area contributed by atoms with Crippen LogP contribution in [0.25, 0.3) is 0 Å². The Balaban J connectivity index is 1.72. The molecule has 1 saturated carbocycles. The number of hydrogen-bond donors (Lipinski definition) is 1. The first-order valence-electron chi connectivity index (χ1n) is 6.38. The Hall–Kier alpha value is -1.62. The Morgan fingerprint density at radius 2 is 2.00 bits per heavy atom. The lowest BCUT2D eigenvalue weighted by molar-refractivity contribution is 0.463. The summed E-state index contributed by atoms with van der Waals surface area (Å²) in [5.74, 6) is 0.989. The number of benzene rings is 1. The molecule has 2 aliphatic rings. The normalized spacial score (nSPS) is 27.1. The zero-order valence-corrected chi connectivity index (χ0v) is 11.5. The van der Waals surface area contributed by atoms with Crippen molar-refractivity contribution in [2.24, 2.45) is 16.9 Å². The van der Waals surface area contributed by atoms with E-state index in [0.29, 0.717) is 11.8 Å². The van der Waals surface area contributed by atoms with E-state index in [1.54, 1.807) is 24.3 Å². The van der Waals surface area contributed by atoms with Crippen molar-refractivity contribution < 1.29 is 8.42 Å². The molecule has 4 nitrogen and oxygen atoms in total. The number of aryl methyl sites for hydroxylation is 1. The minimum Gasteiger partial charge on any atom is -0.200 e. The Kier molecular flexibility index (Phi) is 2.93. The molecule has 2 aliphatic carbocycles. The van der Waals surface area contributed by atoms with Crippen LogP contribution in [0.15, 0.2) is 46.4 Å². The van der Waals surface area contributed by atoms with Gasteiger partial charge in [-0.15, -0.1) is 0 Å². The topological polar surface area (TPSA) is 58.5 Å². The van der Waals surface area contributed by atoms with Crippen LogP contribution in [0.2, 0.25) is 0 Å². The molecule has 2 atom stereocenters. The largest absolute Gasteiger partial charge is 0.276 e. The Labute approximate surface area is 113 Å². The molecule has 0 aliphatic heterocycles. The van der Waals surface area contributed by atoms with Gasteiger partial charge in [-0.2, -0.15) is 13.5 Å². The van der Waals surface area contributed by atoms with E-state index in [1.165, 1.54) is 0 Å². The number of sulfonamides is 1. The maximum absolute atomic E-state index is 12.0. The van der Waals surface area contributed by atoms with Crippen LogP contribution in [0.3, 0.4) is 0 Å². The standard InChI is InChI=1S/C14H16N2O2S/c1-10-5-7-12(8-6-10)19(17,18)16-15-14-9-11-3-2-4-13(11)14/h2-3,5-8,11,13,16H,4,9H2,1H3/b15-14-. The van der Waals surface area contributed by atoms with E-state index < -0.39 is 10.0 Å². The molecule has 100 valence electrons. The van der Waals surface area contributed by atoms with E-state index in [-0.39, 0.29) is 4.90 Å². The average molecular weight is 276 g/mol. The quantitative estimate of drug-likeness (QED) is 0.680. The van der Waals surface area contributed by atoms with Gasteiger partial charge in [-0.05, 0) is 37.8 Å². The molecule has 2 unspecified atom stereocenters. The number of allylic oxidation sites excluding steroid dienone is 2. The molecule has 19 heavy (non-hydrogen) atoms. The lowest BCUT2D eigenvalue weighted by Crippen LogP contribution is -2.35. The van der Waals surface area contributed by atoms with E-state index in [2.05, 4.69) is 22.1 Å². The van der Waals surface area contributed by atoms with Gasteiger partial charge in [0.15, 0.2) is 0 Å². The molecule has 0 amide bonds. The first kappa shape index (κ1) is 12.4. The minimum atomic E-state index is -3.53. The van der Waals surface area contributed by atoms with Crippen molar-refractivity contribution in [2.45, 2.75) is 24.7 Å². The highest BCUT2D eigenvalue weighted by molar-refractivity contribution is 7.89. The molecule has 0 radical (unpaired) electrons. The molecule has 0 heterocycles. The Bertz CT molecular complexity index is 645. The molecule has 5 heteroatoms. The number of nitrogens with one attached hydrogen (secondary N) is 1. The van der Waals surface area contributed by atoms with Crippen LogP contribution in [0, 0.1) is 18.8 Å². The van der Waals surface area contributed by atoms with Gasteiger partial charge in [0.1, 0.15) is 0 Å². The highest BCUT2D eigenvalue weighted by atomic mass is 32.2. The molecule has 0 spiro atoms. The predicted molar refractivity (Wildman–Crippen MR) is 74.3 cm³/mol. The van der Waals surface area contributed by atoms with Crippen molar-refractivity contribution in [3.63, 3.8) is 0 Å². The first-order chi connectivity index (χ1) is 9.06. The summed E-state index contributed by atoms with van der Waals surface area (Å²) in [5, 5.41) is 4.08. The van der Waals surface area contributed by atoms with Crippen LogP contribution in [-0.2, 0) is 10.0 Å². The zero-order valence-electron chi connectivity index (χ0n) is 10.7. The fourth-order valence-corrected chi connectivity index (χ4v) is 3.39. The fraction of sp³-hybridized carbons (Fsp3) is 0.357. The van der Waals surface area contributed by atoms with Gasteiger partial charge in [-0.1, -0.05) is 29.8 Å². The summed E-state index contributed by atoms with van der Waals surface area (Å²) in [5.41, 5.74) is 2.00. The van der Waals surface area contributed by atoms with Gasteiger partial charge < -0.3 is 0 Å². The SMILES string of the molecule is Cc1ccc(S(=O)(=O)N/N=C2/CC3C=CCC23)cc1. The third-order valence-corrected chi connectivity index (χ3v) is 5.03. The molecule has 1 N–H and O–H groups in total. The van der Waals surface area contributed by atoms with Gasteiger partial charge in [0, 0.05) is 11.6 Å². The second kappa shape index (κ2) is 4.49. The van der Waals surface area contributed by atoms with Crippen LogP contribution in [-0.4, -0.2) is 14.1 Å². The second-order valence-electron chi connectivity index (χ2n) is 5.15. The fourth-order valence-electron chi connectivity index (χ4n) is 2.55. The Morgan fingerprint density at radius 3 is 2.68 bits per heavy atom. The van der Waals surface area contributed by atoms with Crippen molar-refractivity contribution in [3.05, 3.63) is 42.0 Å². The molecule has 0 bridgehead atoms. The number of hydrogen-bond acceptors (Lipinski definition) is 3. The second-order valence-corrected chi connectivity index (χ2v) is 6.81. The molecule has 3 rings (SSSR count).